The van der Waals surface area contributed by atoms with Crippen LogP contribution in [0.5, 0.6) is 0 Å². The SMILES string of the molecule is CC(C)CC(C)(I)C(C)CP. The first-order chi connectivity index (χ1) is 4.90. The highest BCUT2D eigenvalue weighted by molar-refractivity contribution is 14.1. The number of hydrogen-bond acceptors (Lipinski definition) is 0. The summed E-state index contributed by atoms with van der Waals surface area (Å²) in [5.74, 6) is 1.62. The predicted molar refractivity (Wildman–Crippen MR) is 65.6 cm³/mol. The fourth-order valence-corrected chi connectivity index (χ4v) is 3.38. The van der Waals surface area contributed by atoms with Crippen molar-refractivity contribution in [3.05, 3.63) is 0 Å². The molecule has 0 fully saturated rings. The summed E-state index contributed by atoms with van der Waals surface area (Å²) in [4.78, 5) is 0. The minimum atomic E-state index is 0.480. The van der Waals surface area contributed by atoms with E-state index in [9.17, 15) is 0 Å². The second-order valence-electron chi connectivity index (χ2n) is 4.01. The summed E-state index contributed by atoms with van der Waals surface area (Å²) in [5.41, 5.74) is 0. The Bertz CT molecular complexity index is 110. The van der Waals surface area contributed by atoms with Crippen LogP contribution >= 0.6 is 31.8 Å². The Morgan fingerprint density at radius 3 is 2.09 bits per heavy atom. The van der Waals surface area contributed by atoms with E-state index in [2.05, 4.69) is 59.5 Å². The minimum Gasteiger partial charge on any atom is -0.137 e. The van der Waals surface area contributed by atoms with Crippen LogP contribution in [-0.2, 0) is 0 Å². The third kappa shape index (κ3) is 4.67. The van der Waals surface area contributed by atoms with E-state index >= 15 is 0 Å². The summed E-state index contributed by atoms with van der Waals surface area (Å²) in [6, 6.07) is 0. The van der Waals surface area contributed by atoms with Crippen LogP contribution in [0.4, 0.5) is 0 Å². The first-order valence-electron chi connectivity index (χ1n) is 4.29. The Morgan fingerprint density at radius 1 is 1.36 bits per heavy atom. The standard InChI is InChI=1S/C9H20IP/c1-7(2)5-9(4,10)8(3)6-11/h7-8H,5-6,11H2,1-4H3. The van der Waals surface area contributed by atoms with Crippen LogP contribution in [0.15, 0.2) is 0 Å². The van der Waals surface area contributed by atoms with Crippen LogP contribution in [-0.4, -0.2) is 9.58 Å². The molecule has 3 atom stereocenters. The van der Waals surface area contributed by atoms with Crippen molar-refractivity contribution in [3.8, 4) is 0 Å². The molecule has 0 aromatic rings. The quantitative estimate of drug-likeness (QED) is 0.419. The summed E-state index contributed by atoms with van der Waals surface area (Å²) in [6.07, 6.45) is 2.54. The van der Waals surface area contributed by atoms with E-state index in [1.807, 2.05) is 0 Å². The maximum absolute atomic E-state index is 2.84. The van der Waals surface area contributed by atoms with E-state index in [1.54, 1.807) is 0 Å². The van der Waals surface area contributed by atoms with E-state index in [4.69, 9.17) is 0 Å². The number of hydrogen-bond donors (Lipinski definition) is 0. The van der Waals surface area contributed by atoms with Gasteiger partial charge in [-0.3, -0.25) is 0 Å². The molecule has 0 heterocycles. The van der Waals surface area contributed by atoms with Gasteiger partial charge in [-0.1, -0.05) is 50.3 Å². The van der Waals surface area contributed by atoms with Crippen LogP contribution in [0.3, 0.4) is 0 Å². The molecule has 0 aliphatic heterocycles. The third-order valence-corrected chi connectivity index (χ3v) is 4.40. The lowest BCUT2D eigenvalue weighted by Gasteiger charge is -2.30. The van der Waals surface area contributed by atoms with Crippen molar-refractivity contribution in [2.45, 2.75) is 37.5 Å². The first kappa shape index (κ1) is 12.2. The number of rotatable bonds is 4. The lowest BCUT2D eigenvalue weighted by atomic mass is 9.89. The molecule has 2 heteroatoms. The zero-order valence-electron chi connectivity index (χ0n) is 8.02. The summed E-state index contributed by atoms with van der Waals surface area (Å²) < 4.78 is 0.480. The first-order valence-corrected chi connectivity index (χ1v) is 6.18. The van der Waals surface area contributed by atoms with E-state index in [1.165, 1.54) is 12.6 Å². The Labute approximate surface area is 87.3 Å². The average molecular weight is 286 g/mol. The molecule has 0 radical (unpaired) electrons. The molecule has 0 amide bonds. The van der Waals surface area contributed by atoms with Gasteiger partial charge in [0.1, 0.15) is 0 Å². The lowest BCUT2D eigenvalue weighted by molar-refractivity contribution is 0.408. The van der Waals surface area contributed by atoms with Gasteiger partial charge in [0.05, 0.1) is 0 Å². The molecule has 0 aliphatic rings. The molecule has 68 valence electrons. The minimum absolute atomic E-state index is 0.480. The Morgan fingerprint density at radius 2 is 1.82 bits per heavy atom. The van der Waals surface area contributed by atoms with Crippen LogP contribution in [0, 0.1) is 11.8 Å². The van der Waals surface area contributed by atoms with Gasteiger partial charge >= 0.3 is 0 Å². The van der Waals surface area contributed by atoms with Crippen molar-refractivity contribution in [2.75, 3.05) is 6.16 Å². The molecule has 0 rings (SSSR count). The molecule has 0 bridgehead atoms. The average Bonchev–Trinajstić information content (AvgIpc) is 1.83. The molecule has 0 saturated carbocycles. The van der Waals surface area contributed by atoms with Crippen LogP contribution in [0.2, 0.25) is 0 Å². The fraction of sp³-hybridized carbons (Fsp3) is 1.00. The van der Waals surface area contributed by atoms with Crippen molar-refractivity contribution in [1.82, 2.24) is 0 Å². The lowest BCUT2D eigenvalue weighted by Crippen LogP contribution is -2.28. The molecule has 3 unspecified atom stereocenters. The molecule has 0 aliphatic carbocycles. The largest absolute Gasteiger partial charge is 0.137 e. The van der Waals surface area contributed by atoms with Crippen molar-refractivity contribution >= 4 is 31.8 Å². The van der Waals surface area contributed by atoms with Gasteiger partial charge in [0.2, 0.25) is 0 Å². The Hall–Kier alpha value is 1.16. The van der Waals surface area contributed by atoms with Gasteiger partial charge in [0, 0.05) is 3.42 Å². The highest BCUT2D eigenvalue weighted by atomic mass is 127. The molecule has 0 N–H and O–H groups in total. The van der Waals surface area contributed by atoms with Gasteiger partial charge < -0.3 is 0 Å². The Balaban J connectivity index is 3.98. The molecular weight excluding hydrogens is 266 g/mol. The number of halogens is 1. The maximum Gasteiger partial charge on any atom is 0.0225 e. The molecule has 0 saturated heterocycles. The molecule has 0 nitrogen and oxygen atoms in total. The second kappa shape index (κ2) is 5.01. The Kier molecular flexibility index (Phi) is 5.54. The summed E-state index contributed by atoms with van der Waals surface area (Å²) in [7, 11) is 2.84. The van der Waals surface area contributed by atoms with E-state index in [0.717, 1.165) is 11.8 Å². The van der Waals surface area contributed by atoms with Gasteiger partial charge in [-0.25, -0.2) is 0 Å². The van der Waals surface area contributed by atoms with Crippen LogP contribution in [0.25, 0.3) is 0 Å². The molecule has 0 aromatic carbocycles. The molecule has 0 spiro atoms. The van der Waals surface area contributed by atoms with Gasteiger partial charge in [-0.05, 0) is 24.4 Å². The summed E-state index contributed by atoms with van der Waals surface area (Å²) >= 11 is 2.60. The van der Waals surface area contributed by atoms with Crippen LogP contribution < -0.4 is 0 Å². The topological polar surface area (TPSA) is 0 Å². The maximum atomic E-state index is 2.84. The smallest absolute Gasteiger partial charge is 0.0225 e. The summed E-state index contributed by atoms with van der Waals surface area (Å²) in [5, 5.41) is 0. The van der Waals surface area contributed by atoms with Crippen LogP contribution in [0.1, 0.15) is 34.1 Å². The third-order valence-electron chi connectivity index (χ3n) is 2.19. The monoisotopic (exact) mass is 286 g/mol. The van der Waals surface area contributed by atoms with Crippen molar-refractivity contribution < 1.29 is 0 Å². The van der Waals surface area contributed by atoms with Crippen molar-refractivity contribution in [3.63, 3.8) is 0 Å². The summed E-state index contributed by atoms with van der Waals surface area (Å²) in [6.45, 7) is 9.29. The van der Waals surface area contributed by atoms with Crippen molar-refractivity contribution in [1.29, 1.82) is 0 Å². The highest BCUT2D eigenvalue weighted by Crippen LogP contribution is 2.35. The van der Waals surface area contributed by atoms with E-state index in [0.29, 0.717) is 3.42 Å². The van der Waals surface area contributed by atoms with Gasteiger partial charge in [-0.2, -0.15) is 0 Å². The number of alkyl halides is 1. The second-order valence-corrected chi connectivity index (χ2v) is 6.95. The zero-order chi connectivity index (χ0) is 9.07. The van der Waals surface area contributed by atoms with Gasteiger partial charge in [0.15, 0.2) is 0 Å². The molecule has 11 heavy (non-hydrogen) atoms. The normalized spacial score (nSPS) is 19.9. The van der Waals surface area contributed by atoms with E-state index < -0.39 is 0 Å². The van der Waals surface area contributed by atoms with E-state index in [-0.39, 0.29) is 0 Å². The van der Waals surface area contributed by atoms with Gasteiger partial charge in [-0.15, -0.1) is 9.24 Å². The zero-order valence-corrected chi connectivity index (χ0v) is 11.3. The van der Waals surface area contributed by atoms with Gasteiger partial charge in [0.25, 0.3) is 0 Å². The fourth-order valence-electron chi connectivity index (χ4n) is 1.25. The predicted octanol–water partition coefficient (Wildman–Crippen LogP) is 3.74. The van der Waals surface area contributed by atoms with Crippen molar-refractivity contribution in [2.24, 2.45) is 11.8 Å². The highest BCUT2D eigenvalue weighted by Gasteiger charge is 2.27. The molecule has 0 aromatic heterocycles. The molecular formula is C9H20IP.